The van der Waals surface area contributed by atoms with Crippen molar-refractivity contribution in [3.05, 3.63) is 35.6 Å². The zero-order valence-corrected chi connectivity index (χ0v) is 11.4. The van der Waals surface area contributed by atoms with Crippen LogP contribution in [-0.4, -0.2) is 25.1 Å². The number of hydrogen-bond donors (Lipinski definition) is 1. The van der Waals surface area contributed by atoms with Crippen LogP contribution in [-0.2, 0) is 4.74 Å². The quantitative estimate of drug-likeness (QED) is 0.857. The highest BCUT2D eigenvalue weighted by atomic mass is 19.3. The molecule has 0 bridgehead atoms. The fourth-order valence-corrected chi connectivity index (χ4v) is 1.54. The van der Waals surface area contributed by atoms with E-state index < -0.39 is 19.1 Å². The van der Waals surface area contributed by atoms with Crippen LogP contribution < -0.4 is 5.32 Å². The summed E-state index contributed by atoms with van der Waals surface area (Å²) in [5.74, 6) is -0.361. The smallest absolute Gasteiger partial charge is 0.261 e. The van der Waals surface area contributed by atoms with E-state index in [0.717, 1.165) is 0 Å². The Bertz CT molecular complexity index is 373. The Kier molecular flexibility index (Phi) is 5.82. The summed E-state index contributed by atoms with van der Waals surface area (Å²) >= 11 is 0. The second kappa shape index (κ2) is 6.91. The molecule has 1 atom stereocenters. The van der Waals surface area contributed by atoms with E-state index in [9.17, 15) is 13.2 Å². The van der Waals surface area contributed by atoms with Crippen LogP contribution >= 0.6 is 0 Å². The van der Waals surface area contributed by atoms with Gasteiger partial charge in [-0.05, 0) is 38.5 Å². The highest BCUT2D eigenvalue weighted by Crippen LogP contribution is 2.19. The third-order valence-electron chi connectivity index (χ3n) is 2.48. The molecule has 0 aliphatic carbocycles. The molecular weight excluding hydrogens is 255 g/mol. The number of nitrogens with one attached hydrogen (secondary N) is 1. The number of benzene rings is 1. The molecule has 2 nitrogen and oxygen atoms in total. The van der Waals surface area contributed by atoms with Crippen LogP contribution in [0.4, 0.5) is 13.2 Å². The number of alkyl halides is 2. The fourth-order valence-electron chi connectivity index (χ4n) is 1.54. The maximum absolute atomic E-state index is 12.9. The predicted molar refractivity (Wildman–Crippen MR) is 68.9 cm³/mol. The van der Waals surface area contributed by atoms with Crippen LogP contribution in [0.5, 0.6) is 0 Å². The summed E-state index contributed by atoms with van der Waals surface area (Å²) in [4.78, 5) is 0. The van der Waals surface area contributed by atoms with Gasteiger partial charge in [0.25, 0.3) is 6.43 Å². The van der Waals surface area contributed by atoms with Gasteiger partial charge < -0.3 is 10.1 Å². The van der Waals surface area contributed by atoms with Crippen LogP contribution in [0.3, 0.4) is 0 Å². The predicted octanol–water partition coefficient (Wildman–Crippen LogP) is 3.54. The molecule has 0 aromatic heterocycles. The monoisotopic (exact) mass is 275 g/mol. The molecule has 1 N–H and O–H groups in total. The molecule has 108 valence electrons. The molecule has 0 amide bonds. The summed E-state index contributed by atoms with van der Waals surface area (Å²) in [6.07, 6.45) is -3.04. The Labute approximate surface area is 112 Å². The van der Waals surface area contributed by atoms with Gasteiger partial charge in [-0.3, -0.25) is 0 Å². The largest absolute Gasteiger partial charge is 0.366 e. The molecule has 0 aliphatic rings. The second-order valence-corrected chi connectivity index (χ2v) is 5.40. The standard InChI is InChI=1S/C14H20F3NO/c1-14(2,3)18-8-12(19-9-13(16)17)10-4-6-11(15)7-5-10/h4-7,12-13,18H,8-9H2,1-3H3. The second-order valence-electron chi connectivity index (χ2n) is 5.40. The lowest BCUT2D eigenvalue weighted by molar-refractivity contribution is -0.0263. The first kappa shape index (κ1) is 16.0. The summed E-state index contributed by atoms with van der Waals surface area (Å²) in [7, 11) is 0. The Morgan fingerprint density at radius 3 is 2.21 bits per heavy atom. The molecule has 1 aromatic rings. The lowest BCUT2D eigenvalue weighted by Crippen LogP contribution is -2.39. The molecule has 0 radical (unpaired) electrons. The molecule has 0 heterocycles. The summed E-state index contributed by atoms with van der Waals surface area (Å²) in [6, 6.07) is 5.70. The molecule has 0 saturated carbocycles. The maximum Gasteiger partial charge on any atom is 0.261 e. The lowest BCUT2D eigenvalue weighted by Gasteiger charge is -2.25. The minimum atomic E-state index is -2.52. The topological polar surface area (TPSA) is 21.3 Å². The first-order chi connectivity index (χ1) is 8.78. The molecule has 1 aromatic carbocycles. The molecule has 1 rings (SSSR count). The van der Waals surface area contributed by atoms with E-state index in [1.807, 2.05) is 20.8 Å². The third kappa shape index (κ3) is 6.59. The van der Waals surface area contributed by atoms with E-state index in [0.29, 0.717) is 12.1 Å². The SMILES string of the molecule is CC(C)(C)NCC(OCC(F)F)c1ccc(F)cc1. The Balaban J connectivity index is 2.70. The van der Waals surface area contributed by atoms with Crippen LogP contribution in [0.15, 0.2) is 24.3 Å². The van der Waals surface area contributed by atoms with Gasteiger partial charge in [-0.25, -0.2) is 13.2 Å². The van der Waals surface area contributed by atoms with E-state index in [4.69, 9.17) is 4.74 Å². The highest BCUT2D eigenvalue weighted by Gasteiger charge is 2.18. The van der Waals surface area contributed by atoms with E-state index in [1.54, 1.807) is 12.1 Å². The van der Waals surface area contributed by atoms with Crippen molar-refractivity contribution in [3.8, 4) is 0 Å². The Morgan fingerprint density at radius 2 is 1.74 bits per heavy atom. The molecule has 19 heavy (non-hydrogen) atoms. The van der Waals surface area contributed by atoms with Crippen molar-refractivity contribution in [1.82, 2.24) is 5.32 Å². The first-order valence-corrected chi connectivity index (χ1v) is 6.18. The van der Waals surface area contributed by atoms with Crippen molar-refractivity contribution in [2.75, 3.05) is 13.2 Å². The van der Waals surface area contributed by atoms with Gasteiger partial charge in [0.15, 0.2) is 0 Å². The van der Waals surface area contributed by atoms with E-state index in [-0.39, 0.29) is 11.4 Å². The van der Waals surface area contributed by atoms with Crippen LogP contribution in [0.2, 0.25) is 0 Å². The summed E-state index contributed by atoms with van der Waals surface area (Å²) in [5, 5.41) is 3.20. The van der Waals surface area contributed by atoms with Crippen molar-refractivity contribution in [2.24, 2.45) is 0 Å². The lowest BCUT2D eigenvalue weighted by atomic mass is 10.1. The fraction of sp³-hybridized carbons (Fsp3) is 0.571. The van der Waals surface area contributed by atoms with Gasteiger partial charge in [0.2, 0.25) is 0 Å². The van der Waals surface area contributed by atoms with Crippen LogP contribution in [0.1, 0.15) is 32.4 Å². The molecule has 0 fully saturated rings. The normalized spacial score (nSPS) is 13.8. The van der Waals surface area contributed by atoms with Gasteiger partial charge in [0.1, 0.15) is 12.4 Å². The van der Waals surface area contributed by atoms with E-state index in [2.05, 4.69) is 5.32 Å². The van der Waals surface area contributed by atoms with E-state index in [1.165, 1.54) is 12.1 Å². The van der Waals surface area contributed by atoms with Crippen molar-refractivity contribution in [2.45, 2.75) is 38.8 Å². The van der Waals surface area contributed by atoms with Crippen molar-refractivity contribution in [3.63, 3.8) is 0 Å². The van der Waals surface area contributed by atoms with Gasteiger partial charge in [-0.2, -0.15) is 0 Å². The number of ether oxygens (including phenoxy) is 1. The van der Waals surface area contributed by atoms with Gasteiger partial charge in [-0.15, -0.1) is 0 Å². The average Bonchev–Trinajstić information content (AvgIpc) is 2.29. The van der Waals surface area contributed by atoms with Gasteiger partial charge in [0.05, 0.1) is 6.10 Å². The van der Waals surface area contributed by atoms with E-state index >= 15 is 0 Å². The molecule has 5 heteroatoms. The maximum atomic E-state index is 12.9. The minimum Gasteiger partial charge on any atom is -0.366 e. The average molecular weight is 275 g/mol. The van der Waals surface area contributed by atoms with Gasteiger partial charge in [0, 0.05) is 12.1 Å². The number of rotatable bonds is 6. The minimum absolute atomic E-state index is 0.146. The Hall–Kier alpha value is -1.07. The zero-order chi connectivity index (χ0) is 14.5. The van der Waals surface area contributed by atoms with Crippen molar-refractivity contribution < 1.29 is 17.9 Å². The summed E-state index contributed by atoms with van der Waals surface area (Å²) < 4.78 is 42.5. The molecular formula is C14H20F3NO. The highest BCUT2D eigenvalue weighted by molar-refractivity contribution is 5.19. The van der Waals surface area contributed by atoms with Gasteiger partial charge >= 0.3 is 0 Å². The number of hydrogen-bond acceptors (Lipinski definition) is 2. The number of halogens is 3. The van der Waals surface area contributed by atoms with Crippen LogP contribution in [0.25, 0.3) is 0 Å². The van der Waals surface area contributed by atoms with Crippen molar-refractivity contribution in [1.29, 1.82) is 0 Å². The molecule has 0 spiro atoms. The molecule has 0 saturated heterocycles. The Morgan fingerprint density at radius 1 is 1.16 bits per heavy atom. The summed E-state index contributed by atoms with van der Waals surface area (Å²) in [6.45, 7) is 5.68. The molecule has 1 unspecified atom stereocenters. The first-order valence-electron chi connectivity index (χ1n) is 6.18. The zero-order valence-electron chi connectivity index (χ0n) is 11.4. The summed E-state index contributed by atoms with van der Waals surface area (Å²) in [5.41, 5.74) is 0.533. The third-order valence-corrected chi connectivity index (χ3v) is 2.48. The molecule has 0 aliphatic heterocycles. The van der Waals surface area contributed by atoms with Crippen LogP contribution in [0, 0.1) is 5.82 Å². The van der Waals surface area contributed by atoms with Crippen molar-refractivity contribution >= 4 is 0 Å². The van der Waals surface area contributed by atoms with Gasteiger partial charge in [-0.1, -0.05) is 12.1 Å².